The van der Waals surface area contributed by atoms with Crippen LogP contribution >= 0.6 is 0 Å². The van der Waals surface area contributed by atoms with Crippen molar-refractivity contribution in [2.24, 2.45) is 23.2 Å². The van der Waals surface area contributed by atoms with E-state index in [2.05, 4.69) is 16.0 Å². The van der Waals surface area contributed by atoms with E-state index in [9.17, 15) is 41.9 Å². The third kappa shape index (κ3) is 6.37. The zero-order valence-corrected chi connectivity index (χ0v) is 23.7. The molecule has 0 unspecified atom stereocenters. The van der Waals surface area contributed by atoms with Gasteiger partial charge in [0.25, 0.3) is 17.6 Å². The Labute approximate surface area is 245 Å². The quantitative estimate of drug-likeness (QED) is 0.253. The monoisotopic (exact) mass is 606 g/mol. The fourth-order valence-corrected chi connectivity index (χ4v) is 6.22. The van der Waals surface area contributed by atoms with Crippen molar-refractivity contribution in [3.63, 3.8) is 0 Å². The van der Waals surface area contributed by atoms with Gasteiger partial charge in [-0.1, -0.05) is 13.8 Å². The molecule has 2 aliphatic carbocycles. The Hall–Kier alpha value is -3.97. The Balaban J connectivity index is 1.26. The Morgan fingerprint density at radius 3 is 2.35 bits per heavy atom. The van der Waals surface area contributed by atoms with E-state index in [0.717, 1.165) is 37.1 Å². The molecule has 0 radical (unpaired) electrons. The number of piperidine rings is 1. The molecule has 4 aliphatic rings. The number of halogens is 3. The number of carbonyl (C=O) groups excluding carboxylic acids is 6. The van der Waals surface area contributed by atoms with Gasteiger partial charge >= 0.3 is 6.18 Å². The lowest BCUT2D eigenvalue weighted by Gasteiger charge is -2.31. The number of rotatable bonds is 11. The predicted molar refractivity (Wildman–Crippen MR) is 142 cm³/mol. The SMILES string of the molecule is CC1(C)[C@@H]2[C@@H](C(=O)N[C@@H](C[C@@H]3CCNC3=O)C(=O)C(=O)NC3CC3)N(C(=O)COc3ccc(C(=O)C(F)(F)F)cc3)C[C@@H]21. The first-order chi connectivity index (χ1) is 20.2. The number of nitrogens with zero attached hydrogens (tertiary/aromatic N) is 1. The summed E-state index contributed by atoms with van der Waals surface area (Å²) in [7, 11) is 0. The van der Waals surface area contributed by atoms with Crippen molar-refractivity contribution in [3.8, 4) is 5.75 Å². The van der Waals surface area contributed by atoms with Gasteiger partial charge in [0.2, 0.25) is 17.6 Å². The number of hydrogen-bond donors (Lipinski definition) is 3. The van der Waals surface area contributed by atoms with Gasteiger partial charge in [0.1, 0.15) is 11.8 Å². The maximum atomic E-state index is 13.7. The number of nitrogens with one attached hydrogen (secondary N) is 3. The number of hydrogen-bond acceptors (Lipinski definition) is 7. The third-order valence-corrected chi connectivity index (χ3v) is 8.99. The van der Waals surface area contributed by atoms with Crippen molar-refractivity contribution in [1.82, 2.24) is 20.9 Å². The van der Waals surface area contributed by atoms with Gasteiger partial charge in [-0.15, -0.1) is 0 Å². The molecular weight excluding hydrogens is 573 g/mol. The molecule has 43 heavy (non-hydrogen) atoms. The van der Waals surface area contributed by atoms with Gasteiger partial charge in [0.15, 0.2) is 6.61 Å². The lowest BCUT2D eigenvalue weighted by Crippen LogP contribution is -2.56. The van der Waals surface area contributed by atoms with E-state index < -0.39 is 65.6 Å². The molecule has 4 fully saturated rings. The van der Waals surface area contributed by atoms with E-state index >= 15 is 0 Å². The van der Waals surface area contributed by atoms with Crippen molar-refractivity contribution in [3.05, 3.63) is 29.8 Å². The number of amides is 4. The minimum absolute atomic E-state index is 0.00721. The molecule has 3 N–H and O–H groups in total. The first-order valence-corrected chi connectivity index (χ1v) is 14.2. The minimum atomic E-state index is -5.02. The molecule has 5 rings (SSSR count). The van der Waals surface area contributed by atoms with Crippen LogP contribution in [-0.4, -0.2) is 84.1 Å². The normalized spacial score (nSPS) is 26.2. The predicted octanol–water partition coefficient (Wildman–Crippen LogP) is 1.15. The first kappa shape index (κ1) is 30.5. The Kier molecular flexibility index (Phi) is 7.99. The van der Waals surface area contributed by atoms with E-state index in [1.165, 1.54) is 4.90 Å². The number of carbonyl (C=O) groups is 6. The van der Waals surface area contributed by atoms with Gasteiger partial charge in [0, 0.05) is 30.6 Å². The standard InChI is InChI=1S/C29H33F3N4O7/c1-28(2)18-12-36(20(37)13-43-17-7-3-14(4-8-17)24(39)29(30,31)32)22(21(18)28)26(41)35-19(11-15-9-10-33-25(15)40)23(38)27(42)34-16-5-6-16/h3-4,7-8,15-16,18-19,21-22H,5-6,9-13H2,1-2H3,(H,33,40)(H,34,42)(H,35,41)/t15-,18-,19-,21-,22-/m0/s1. The van der Waals surface area contributed by atoms with Crippen molar-refractivity contribution in [2.75, 3.05) is 19.7 Å². The maximum absolute atomic E-state index is 13.7. The second-order valence-corrected chi connectivity index (χ2v) is 12.3. The molecule has 0 bridgehead atoms. The number of Topliss-reactive ketones (excluding diaryl/α,β-unsaturated/α-hetero) is 2. The fraction of sp³-hybridized carbons (Fsp3) is 0.586. The van der Waals surface area contributed by atoms with Crippen LogP contribution in [0.5, 0.6) is 5.75 Å². The van der Waals surface area contributed by atoms with Crippen molar-refractivity contribution >= 4 is 35.2 Å². The molecule has 11 nitrogen and oxygen atoms in total. The smallest absolute Gasteiger partial charge is 0.454 e. The Morgan fingerprint density at radius 2 is 1.77 bits per heavy atom. The molecular formula is C29H33F3N4O7. The largest absolute Gasteiger partial charge is 0.484 e. The number of ether oxygens (including phenoxy) is 1. The summed E-state index contributed by atoms with van der Waals surface area (Å²) in [6.45, 7) is 4.10. The van der Waals surface area contributed by atoms with Gasteiger partial charge in [-0.3, -0.25) is 28.8 Å². The lowest BCUT2D eigenvalue weighted by molar-refractivity contribution is -0.144. The molecule has 232 valence electrons. The number of fused-ring (bicyclic) bond motifs is 1. The maximum Gasteiger partial charge on any atom is 0.454 e. The average Bonchev–Trinajstić information content (AvgIpc) is 3.72. The third-order valence-electron chi connectivity index (χ3n) is 8.99. The molecule has 2 saturated carbocycles. The van der Waals surface area contributed by atoms with Crippen LogP contribution in [0.15, 0.2) is 24.3 Å². The van der Waals surface area contributed by atoms with Crippen molar-refractivity contribution in [1.29, 1.82) is 0 Å². The second-order valence-electron chi connectivity index (χ2n) is 12.3. The second kappa shape index (κ2) is 11.3. The summed E-state index contributed by atoms with van der Waals surface area (Å²) in [5.74, 6) is -5.81. The van der Waals surface area contributed by atoms with E-state index in [0.29, 0.717) is 13.0 Å². The highest BCUT2D eigenvalue weighted by Gasteiger charge is 2.69. The van der Waals surface area contributed by atoms with Crippen LogP contribution in [0.25, 0.3) is 0 Å². The number of likely N-dealkylation sites (tertiary alicyclic amines) is 1. The molecule has 14 heteroatoms. The average molecular weight is 607 g/mol. The van der Waals surface area contributed by atoms with Crippen molar-refractivity contribution in [2.45, 2.75) is 63.8 Å². The van der Waals surface area contributed by atoms with E-state index in [4.69, 9.17) is 4.74 Å². The first-order valence-electron chi connectivity index (χ1n) is 14.2. The number of benzene rings is 1. The van der Waals surface area contributed by atoms with Gasteiger partial charge in [-0.25, -0.2) is 0 Å². The van der Waals surface area contributed by atoms with Crippen molar-refractivity contribution < 1.29 is 46.7 Å². The van der Waals surface area contributed by atoms with Crippen LogP contribution in [0.3, 0.4) is 0 Å². The molecule has 0 spiro atoms. The Morgan fingerprint density at radius 1 is 1.09 bits per heavy atom. The van der Waals surface area contributed by atoms with E-state index in [1.54, 1.807) is 0 Å². The van der Waals surface area contributed by atoms with Gasteiger partial charge in [0.05, 0.1) is 6.04 Å². The summed E-state index contributed by atoms with van der Waals surface area (Å²) in [4.78, 5) is 77.6. The zero-order chi connectivity index (χ0) is 31.3. The summed E-state index contributed by atoms with van der Waals surface area (Å²) < 4.78 is 43.5. The molecule has 0 aromatic heterocycles. The topological polar surface area (TPSA) is 151 Å². The highest BCUT2D eigenvalue weighted by Crippen LogP contribution is 2.64. The highest BCUT2D eigenvalue weighted by molar-refractivity contribution is 6.38. The molecule has 2 saturated heterocycles. The van der Waals surface area contributed by atoms with Crippen LogP contribution in [0.4, 0.5) is 13.2 Å². The van der Waals surface area contributed by atoms with Crippen LogP contribution in [0.2, 0.25) is 0 Å². The van der Waals surface area contributed by atoms with Crippen LogP contribution in [0, 0.1) is 23.2 Å². The summed E-state index contributed by atoms with van der Waals surface area (Å²) in [6.07, 6.45) is -3.10. The molecule has 2 heterocycles. The summed E-state index contributed by atoms with van der Waals surface area (Å²) in [5, 5.41) is 7.98. The molecule has 2 aliphatic heterocycles. The summed E-state index contributed by atoms with van der Waals surface area (Å²) in [6, 6.07) is 1.88. The molecule has 1 aromatic rings. The number of ketones is 2. The van der Waals surface area contributed by atoms with Gasteiger partial charge < -0.3 is 25.6 Å². The van der Waals surface area contributed by atoms with Crippen LogP contribution < -0.4 is 20.7 Å². The fourth-order valence-electron chi connectivity index (χ4n) is 6.22. The van der Waals surface area contributed by atoms with Gasteiger partial charge in [-0.2, -0.15) is 13.2 Å². The minimum Gasteiger partial charge on any atom is -0.484 e. The summed E-state index contributed by atoms with van der Waals surface area (Å²) >= 11 is 0. The van der Waals surface area contributed by atoms with E-state index in [-0.39, 0.29) is 47.9 Å². The summed E-state index contributed by atoms with van der Waals surface area (Å²) in [5.41, 5.74) is -0.830. The number of alkyl halides is 3. The zero-order valence-electron chi connectivity index (χ0n) is 23.7. The van der Waals surface area contributed by atoms with Crippen LogP contribution in [0.1, 0.15) is 49.9 Å². The lowest BCUT2D eigenvalue weighted by atomic mass is 9.94. The molecule has 5 atom stereocenters. The highest BCUT2D eigenvalue weighted by atomic mass is 19.4. The van der Waals surface area contributed by atoms with E-state index in [1.807, 2.05) is 13.8 Å². The molecule has 4 amide bonds. The van der Waals surface area contributed by atoms with Crippen LogP contribution in [-0.2, 0) is 24.0 Å². The molecule has 1 aromatic carbocycles. The van der Waals surface area contributed by atoms with Gasteiger partial charge in [-0.05, 0) is 67.2 Å². The Bertz CT molecular complexity index is 1340.